The maximum absolute atomic E-state index is 14.3. The lowest BCUT2D eigenvalue weighted by Crippen LogP contribution is -2.50. The summed E-state index contributed by atoms with van der Waals surface area (Å²) < 4.78 is 11.6. The van der Waals surface area contributed by atoms with Crippen molar-refractivity contribution in [3.8, 4) is 0 Å². The van der Waals surface area contributed by atoms with E-state index in [0.717, 1.165) is 9.80 Å². The van der Waals surface area contributed by atoms with Gasteiger partial charge in [0.15, 0.2) is 0 Å². The van der Waals surface area contributed by atoms with Gasteiger partial charge in [0.25, 0.3) is 11.8 Å². The van der Waals surface area contributed by atoms with Crippen LogP contribution >= 0.6 is 46.4 Å². The van der Waals surface area contributed by atoms with Gasteiger partial charge in [0.2, 0.25) is 11.8 Å². The van der Waals surface area contributed by atoms with Crippen LogP contribution in [0.15, 0.2) is 82.0 Å². The Labute approximate surface area is 269 Å². The second kappa shape index (κ2) is 9.93. The number of imide groups is 2. The number of hydrazine groups is 1. The van der Waals surface area contributed by atoms with Crippen molar-refractivity contribution >= 4 is 81.4 Å². The first-order valence-corrected chi connectivity index (χ1v) is 15.0. The number of hydrogen-bond donors (Lipinski definition) is 0. The van der Waals surface area contributed by atoms with Crippen molar-refractivity contribution in [3.05, 3.63) is 105 Å². The van der Waals surface area contributed by atoms with Crippen LogP contribution in [0, 0.1) is 11.8 Å². The maximum Gasteiger partial charge on any atom is 0.253 e. The van der Waals surface area contributed by atoms with Gasteiger partial charge in [0.05, 0.1) is 67.9 Å². The molecule has 4 aromatic rings. The Bertz CT molecular complexity index is 1750. The first kappa shape index (κ1) is 27.9. The molecule has 222 valence electrons. The van der Waals surface area contributed by atoms with Crippen LogP contribution in [0.3, 0.4) is 0 Å². The fourth-order valence-electron chi connectivity index (χ4n) is 7.07. The molecule has 4 amide bonds. The average Bonchev–Trinajstić information content (AvgIpc) is 3.82. The van der Waals surface area contributed by atoms with Gasteiger partial charge in [-0.2, -0.15) is 0 Å². The number of amides is 4. The van der Waals surface area contributed by atoms with Crippen LogP contribution < -0.4 is 9.80 Å². The highest BCUT2D eigenvalue weighted by molar-refractivity contribution is 6.43. The van der Waals surface area contributed by atoms with Gasteiger partial charge < -0.3 is 8.83 Å². The molecule has 0 bridgehead atoms. The summed E-state index contributed by atoms with van der Waals surface area (Å²) in [7, 11) is 0. The number of anilines is 2. The molecule has 4 aliphatic rings. The number of nitrogens with zero attached hydrogens (tertiary/aromatic N) is 4. The number of carbonyl (C=O) groups is 4. The Kier molecular flexibility index (Phi) is 6.29. The zero-order valence-electron chi connectivity index (χ0n) is 22.1. The first-order valence-electron chi connectivity index (χ1n) is 13.5. The second-order valence-electron chi connectivity index (χ2n) is 10.8. The van der Waals surface area contributed by atoms with Gasteiger partial charge in [-0.15, -0.1) is 0 Å². The van der Waals surface area contributed by atoms with E-state index in [4.69, 9.17) is 55.2 Å². The maximum atomic E-state index is 14.3. The zero-order chi connectivity index (χ0) is 30.6. The number of furan rings is 2. The third-order valence-electron chi connectivity index (χ3n) is 8.72. The highest BCUT2D eigenvalue weighted by atomic mass is 35.5. The standard InChI is InChI=1S/C30H18Cl4N4O6/c31-15-7-5-13(11-17(15)33)35-27(39)21-23(19-3-1-9-43-19)37-26-22(24(20-4-2-10-44-20)38(37)25(21)29(35)41)28(40)36(30(26)42)14-6-8-16(32)18(34)12-14/h1-12,21-26H/t21-,22+,23-,24-,25-,26+/m0/s1. The van der Waals surface area contributed by atoms with Gasteiger partial charge in [-0.3, -0.25) is 19.2 Å². The smallest absolute Gasteiger partial charge is 0.253 e. The van der Waals surface area contributed by atoms with Gasteiger partial charge in [0.1, 0.15) is 23.6 Å². The van der Waals surface area contributed by atoms with E-state index in [1.165, 1.54) is 48.9 Å². The lowest BCUT2D eigenvalue weighted by atomic mass is 9.87. The number of rotatable bonds is 4. The SMILES string of the molecule is O=C1[C@@H]2[C@@H](C(=O)N1c1ccc(Cl)c(Cl)c1)N1[C@@H](c3ccco3)[C@H]3C(=O)N(c4ccc(Cl)c(Cl)c4)C(=O)[C@@H]3N1[C@H]2c1ccco1. The lowest BCUT2D eigenvalue weighted by Gasteiger charge is -2.34. The molecule has 0 spiro atoms. The molecule has 0 saturated carbocycles. The molecule has 10 nitrogen and oxygen atoms in total. The van der Waals surface area contributed by atoms with Crippen molar-refractivity contribution < 1.29 is 28.0 Å². The highest BCUT2D eigenvalue weighted by Crippen LogP contribution is 2.60. The molecule has 2 aromatic heterocycles. The van der Waals surface area contributed by atoms with E-state index in [2.05, 4.69) is 0 Å². The summed E-state index contributed by atoms with van der Waals surface area (Å²) in [6.07, 6.45) is 2.90. The Hall–Kier alpha value is -3.64. The summed E-state index contributed by atoms with van der Waals surface area (Å²) in [5.74, 6) is -3.40. The largest absolute Gasteiger partial charge is 0.468 e. The van der Waals surface area contributed by atoms with E-state index < -0.39 is 59.6 Å². The Morgan fingerprint density at radius 1 is 0.500 bits per heavy atom. The highest BCUT2D eigenvalue weighted by Gasteiger charge is 2.74. The Morgan fingerprint density at radius 2 is 0.909 bits per heavy atom. The van der Waals surface area contributed by atoms with Crippen molar-refractivity contribution in [3.63, 3.8) is 0 Å². The van der Waals surface area contributed by atoms with E-state index in [0.29, 0.717) is 11.5 Å². The third kappa shape index (κ3) is 3.70. The molecule has 6 atom stereocenters. The van der Waals surface area contributed by atoms with Crippen molar-refractivity contribution in [2.75, 3.05) is 9.80 Å². The van der Waals surface area contributed by atoms with E-state index in [1.807, 2.05) is 0 Å². The predicted octanol–water partition coefficient (Wildman–Crippen LogP) is 5.93. The molecule has 8 rings (SSSR count). The van der Waals surface area contributed by atoms with Crippen molar-refractivity contribution in [1.29, 1.82) is 0 Å². The second-order valence-corrected chi connectivity index (χ2v) is 12.5. The van der Waals surface area contributed by atoms with Crippen LogP contribution in [0.2, 0.25) is 20.1 Å². The van der Waals surface area contributed by atoms with E-state index in [1.54, 1.807) is 34.3 Å². The molecular formula is C30H18Cl4N4O6. The van der Waals surface area contributed by atoms with E-state index >= 15 is 0 Å². The molecule has 4 fully saturated rings. The molecule has 0 unspecified atom stereocenters. The number of halogens is 4. The molecule has 2 aromatic carbocycles. The third-order valence-corrected chi connectivity index (χ3v) is 10.2. The molecular weight excluding hydrogens is 654 g/mol. The van der Waals surface area contributed by atoms with Gasteiger partial charge in [0, 0.05) is 0 Å². The zero-order valence-corrected chi connectivity index (χ0v) is 25.2. The monoisotopic (exact) mass is 670 g/mol. The number of carbonyl (C=O) groups excluding carboxylic acids is 4. The van der Waals surface area contributed by atoms with Crippen LogP contribution in [0.1, 0.15) is 23.6 Å². The van der Waals surface area contributed by atoms with Gasteiger partial charge in [-0.1, -0.05) is 46.4 Å². The van der Waals surface area contributed by atoms with Gasteiger partial charge in [-0.05, 0) is 60.7 Å². The lowest BCUT2D eigenvalue weighted by molar-refractivity contribution is -0.136. The van der Waals surface area contributed by atoms with Crippen LogP contribution in [0.25, 0.3) is 0 Å². The van der Waals surface area contributed by atoms with Gasteiger partial charge in [-0.25, -0.2) is 19.8 Å². The minimum atomic E-state index is -1.09. The van der Waals surface area contributed by atoms with E-state index in [9.17, 15) is 19.2 Å². The summed E-state index contributed by atoms with van der Waals surface area (Å²) >= 11 is 24.7. The topological polar surface area (TPSA) is 108 Å². The van der Waals surface area contributed by atoms with Crippen molar-refractivity contribution in [2.24, 2.45) is 11.8 Å². The van der Waals surface area contributed by atoms with Gasteiger partial charge >= 0.3 is 0 Å². The molecule has 14 heteroatoms. The summed E-state index contributed by atoms with van der Waals surface area (Å²) in [6, 6.07) is 11.7. The minimum Gasteiger partial charge on any atom is -0.468 e. The minimum absolute atomic E-state index is 0.175. The van der Waals surface area contributed by atoms with Crippen LogP contribution in [-0.4, -0.2) is 45.7 Å². The average molecular weight is 672 g/mol. The molecule has 0 N–H and O–H groups in total. The number of benzene rings is 2. The fourth-order valence-corrected chi connectivity index (χ4v) is 7.65. The van der Waals surface area contributed by atoms with Crippen LogP contribution in [0.5, 0.6) is 0 Å². The van der Waals surface area contributed by atoms with Crippen molar-refractivity contribution in [2.45, 2.75) is 24.2 Å². The normalized spacial score (nSPS) is 28.4. The molecule has 4 saturated heterocycles. The molecule has 0 radical (unpaired) electrons. The summed E-state index contributed by atoms with van der Waals surface area (Å²) in [4.78, 5) is 59.2. The van der Waals surface area contributed by atoms with Crippen LogP contribution in [-0.2, 0) is 19.2 Å². The Morgan fingerprint density at radius 3 is 1.25 bits per heavy atom. The fraction of sp³-hybridized carbons (Fsp3) is 0.200. The van der Waals surface area contributed by atoms with Crippen molar-refractivity contribution in [1.82, 2.24) is 10.0 Å². The quantitative estimate of drug-likeness (QED) is 0.246. The molecule has 4 aliphatic heterocycles. The summed E-state index contributed by atoms with van der Waals surface area (Å²) in [5.41, 5.74) is 0.501. The number of fused-ring (bicyclic) bond motifs is 5. The predicted molar refractivity (Wildman–Crippen MR) is 159 cm³/mol. The Balaban J connectivity index is 1.30. The molecule has 0 aliphatic carbocycles. The summed E-state index contributed by atoms with van der Waals surface area (Å²) in [5, 5.41) is 4.20. The first-order chi connectivity index (χ1) is 21.2. The summed E-state index contributed by atoms with van der Waals surface area (Å²) in [6.45, 7) is 0. The van der Waals surface area contributed by atoms with Crippen LogP contribution in [0.4, 0.5) is 11.4 Å². The number of hydrogen-bond acceptors (Lipinski definition) is 8. The van der Waals surface area contributed by atoms with E-state index in [-0.39, 0.29) is 31.5 Å². The molecule has 6 heterocycles. The molecule has 44 heavy (non-hydrogen) atoms.